The summed E-state index contributed by atoms with van der Waals surface area (Å²) in [6, 6.07) is 14.7. The fourth-order valence-electron chi connectivity index (χ4n) is 2.32. The highest BCUT2D eigenvalue weighted by Crippen LogP contribution is 2.26. The van der Waals surface area contributed by atoms with Crippen molar-refractivity contribution in [3.63, 3.8) is 0 Å². The van der Waals surface area contributed by atoms with Gasteiger partial charge in [0, 0.05) is 11.4 Å². The maximum Gasteiger partial charge on any atom is 0.342 e. The number of benzene rings is 2. The van der Waals surface area contributed by atoms with Crippen LogP contribution in [0.3, 0.4) is 0 Å². The Hall–Kier alpha value is -2.77. The Morgan fingerprint density at radius 1 is 1.29 bits per heavy atom. The lowest BCUT2D eigenvalue weighted by atomic mass is 10.2. The lowest BCUT2D eigenvalue weighted by Gasteiger charge is -2.07. The van der Waals surface area contributed by atoms with Crippen molar-refractivity contribution in [2.45, 2.75) is 25.1 Å². The molecule has 6 nitrogen and oxygen atoms in total. The number of nitrogens with one attached hydrogen (secondary N) is 1. The molecule has 3 rings (SSSR count). The fraction of sp³-hybridized carbons (Fsp3) is 0.150. The highest BCUT2D eigenvalue weighted by atomic mass is 35.5. The molecule has 0 aliphatic rings. The number of H-pyrrole nitrogens is 1. The Balaban J connectivity index is 1.67. The third kappa shape index (κ3) is 5.61. The molecular formula is C20H18ClN3O3S. The summed E-state index contributed by atoms with van der Waals surface area (Å²) in [6.07, 6.45) is 2.28. The number of aromatic amines is 1. The first-order valence-corrected chi connectivity index (χ1v) is 9.74. The van der Waals surface area contributed by atoms with Crippen LogP contribution in [0.15, 0.2) is 58.6 Å². The molecule has 0 bridgehead atoms. The summed E-state index contributed by atoms with van der Waals surface area (Å²) < 4.78 is 5.74. The van der Waals surface area contributed by atoms with Crippen molar-refractivity contribution in [3.05, 3.63) is 75.4 Å². The van der Waals surface area contributed by atoms with Gasteiger partial charge in [-0.2, -0.15) is 0 Å². The number of aliphatic carboxylic acids is 1. The van der Waals surface area contributed by atoms with Crippen molar-refractivity contribution >= 4 is 35.4 Å². The molecule has 0 spiro atoms. The van der Waals surface area contributed by atoms with Gasteiger partial charge in [-0.3, -0.25) is 5.10 Å². The molecule has 3 aromatic rings. The molecule has 28 heavy (non-hydrogen) atoms. The van der Waals surface area contributed by atoms with Crippen LogP contribution in [0.1, 0.15) is 23.9 Å². The van der Waals surface area contributed by atoms with Gasteiger partial charge in [0.15, 0.2) is 0 Å². The zero-order valence-electron chi connectivity index (χ0n) is 15.1. The number of carboxylic acid groups (broad SMARTS) is 1. The third-order valence-electron chi connectivity index (χ3n) is 3.73. The van der Waals surface area contributed by atoms with Crippen LogP contribution in [0.25, 0.3) is 6.08 Å². The number of halogens is 1. The first kappa shape index (κ1) is 20.0. The summed E-state index contributed by atoms with van der Waals surface area (Å²) in [5.41, 5.74) is 1.71. The molecule has 8 heteroatoms. The normalized spacial score (nSPS) is 11.4. The Labute approximate surface area is 171 Å². The molecule has 0 radical (unpaired) electrons. The van der Waals surface area contributed by atoms with E-state index < -0.39 is 5.97 Å². The highest BCUT2D eigenvalue weighted by Gasteiger charge is 2.13. The van der Waals surface area contributed by atoms with Gasteiger partial charge >= 0.3 is 5.97 Å². The molecule has 0 aliphatic carbocycles. The molecule has 0 unspecified atom stereocenters. The van der Waals surface area contributed by atoms with Gasteiger partial charge in [0.25, 0.3) is 0 Å². The van der Waals surface area contributed by atoms with Crippen molar-refractivity contribution in [2.75, 3.05) is 0 Å². The monoisotopic (exact) mass is 415 g/mol. The topological polar surface area (TPSA) is 88.1 Å². The molecule has 1 aromatic heterocycles. The van der Waals surface area contributed by atoms with E-state index in [9.17, 15) is 9.90 Å². The molecule has 0 saturated heterocycles. The van der Waals surface area contributed by atoms with Gasteiger partial charge in [0.1, 0.15) is 23.1 Å². The summed E-state index contributed by atoms with van der Waals surface area (Å²) in [5.74, 6) is 0.366. The average molecular weight is 416 g/mol. The molecule has 2 N–H and O–H groups in total. The standard InChI is InChI=1S/C20H18ClN3O3S/c1-2-18-22-20(24-23-18)28-17(19(25)26)11-13-6-8-16(9-7-13)27-12-14-4-3-5-15(21)10-14/h3-11H,2,12H2,1H3,(H,25,26)(H,22,23,24)/b17-11-. The number of thioether (sulfide) groups is 1. The van der Waals surface area contributed by atoms with Gasteiger partial charge in [-0.05, 0) is 53.2 Å². The number of aromatic nitrogens is 3. The van der Waals surface area contributed by atoms with Crippen LogP contribution in [-0.4, -0.2) is 26.3 Å². The zero-order valence-corrected chi connectivity index (χ0v) is 16.6. The van der Waals surface area contributed by atoms with Crippen molar-refractivity contribution in [3.8, 4) is 5.75 Å². The van der Waals surface area contributed by atoms with E-state index in [0.717, 1.165) is 22.9 Å². The van der Waals surface area contributed by atoms with E-state index in [4.69, 9.17) is 16.3 Å². The molecule has 0 saturated carbocycles. The fourth-order valence-corrected chi connectivity index (χ4v) is 3.26. The first-order valence-electron chi connectivity index (χ1n) is 8.55. The van der Waals surface area contributed by atoms with E-state index in [0.29, 0.717) is 34.8 Å². The summed E-state index contributed by atoms with van der Waals surface area (Å²) in [5, 5.41) is 17.3. The van der Waals surface area contributed by atoms with Crippen molar-refractivity contribution in [2.24, 2.45) is 0 Å². The second-order valence-corrected chi connectivity index (χ2v) is 7.27. The van der Waals surface area contributed by atoms with E-state index in [1.54, 1.807) is 30.3 Å². The summed E-state index contributed by atoms with van der Waals surface area (Å²) in [4.78, 5) is 15.9. The maximum atomic E-state index is 11.5. The smallest absolute Gasteiger partial charge is 0.342 e. The van der Waals surface area contributed by atoms with Crippen LogP contribution >= 0.6 is 23.4 Å². The maximum absolute atomic E-state index is 11.5. The van der Waals surface area contributed by atoms with E-state index in [1.807, 2.05) is 31.2 Å². The third-order valence-corrected chi connectivity index (χ3v) is 4.84. The number of ether oxygens (including phenoxy) is 1. The second-order valence-electron chi connectivity index (χ2n) is 5.82. The van der Waals surface area contributed by atoms with Crippen LogP contribution < -0.4 is 4.74 Å². The van der Waals surface area contributed by atoms with Crippen LogP contribution in [0, 0.1) is 0 Å². The number of hydrogen-bond donors (Lipinski definition) is 2. The van der Waals surface area contributed by atoms with E-state index >= 15 is 0 Å². The number of carbonyl (C=O) groups is 1. The van der Waals surface area contributed by atoms with E-state index in [2.05, 4.69) is 15.2 Å². The quantitative estimate of drug-likeness (QED) is 0.405. The van der Waals surface area contributed by atoms with Crippen LogP contribution in [0.5, 0.6) is 5.75 Å². The molecule has 0 fully saturated rings. The van der Waals surface area contributed by atoms with Crippen LogP contribution in [-0.2, 0) is 17.8 Å². The van der Waals surface area contributed by atoms with Gasteiger partial charge < -0.3 is 9.84 Å². The minimum absolute atomic E-state index is 0.134. The van der Waals surface area contributed by atoms with Gasteiger partial charge in [-0.1, -0.05) is 42.8 Å². The Morgan fingerprint density at radius 3 is 2.71 bits per heavy atom. The zero-order chi connectivity index (χ0) is 19.9. The van der Waals surface area contributed by atoms with Gasteiger partial charge in [-0.25, -0.2) is 9.78 Å². The lowest BCUT2D eigenvalue weighted by molar-refractivity contribution is -0.131. The molecular weight excluding hydrogens is 398 g/mol. The first-order chi connectivity index (χ1) is 13.5. The summed E-state index contributed by atoms with van der Waals surface area (Å²) >= 11 is 6.97. The minimum atomic E-state index is -1.03. The number of carboxylic acids is 1. The largest absolute Gasteiger partial charge is 0.489 e. The molecule has 0 amide bonds. The molecule has 0 aliphatic heterocycles. The van der Waals surface area contributed by atoms with Gasteiger partial charge in [0.05, 0.1) is 0 Å². The lowest BCUT2D eigenvalue weighted by Crippen LogP contribution is -1.97. The molecule has 1 heterocycles. The number of rotatable bonds is 8. The number of hydrogen-bond acceptors (Lipinski definition) is 5. The molecule has 144 valence electrons. The molecule has 2 aromatic carbocycles. The second kappa shape index (κ2) is 9.43. The number of aryl methyl sites for hydroxylation is 1. The Bertz CT molecular complexity index is 986. The Kier molecular flexibility index (Phi) is 6.73. The van der Waals surface area contributed by atoms with E-state index in [-0.39, 0.29) is 4.91 Å². The van der Waals surface area contributed by atoms with Crippen molar-refractivity contribution in [1.82, 2.24) is 15.2 Å². The van der Waals surface area contributed by atoms with Gasteiger partial charge in [0.2, 0.25) is 5.16 Å². The SMILES string of the molecule is CCc1nc(S/C(=C\c2ccc(OCc3cccc(Cl)c3)cc2)C(=O)O)n[nH]1. The van der Waals surface area contributed by atoms with Crippen LogP contribution in [0.2, 0.25) is 5.02 Å². The minimum Gasteiger partial charge on any atom is -0.489 e. The highest BCUT2D eigenvalue weighted by molar-refractivity contribution is 8.04. The summed E-state index contributed by atoms with van der Waals surface area (Å²) in [6.45, 7) is 2.34. The Morgan fingerprint density at radius 2 is 2.07 bits per heavy atom. The van der Waals surface area contributed by atoms with E-state index in [1.165, 1.54) is 0 Å². The number of nitrogens with zero attached hydrogens (tertiary/aromatic N) is 2. The van der Waals surface area contributed by atoms with Crippen LogP contribution in [0.4, 0.5) is 0 Å². The predicted molar refractivity (Wildman–Crippen MR) is 109 cm³/mol. The van der Waals surface area contributed by atoms with Gasteiger partial charge in [-0.15, -0.1) is 5.10 Å². The summed E-state index contributed by atoms with van der Waals surface area (Å²) in [7, 11) is 0. The van der Waals surface area contributed by atoms with Crippen molar-refractivity contribution in [1.29, 1.82) is 0 Å². The average Bonchev–Trinajstić information content (AvgIpc) is 3.14. The predicted octanol–water partition coefficient (Wildman–Crippen LogP) is 4.82. The van der Waals surface area contributed by atoms with Crippen molar-refractivity contribution < 1.29 is 14.6 Å². The molecule has 0 atom stereocenters.